The lowest BCUT2D eigenvalue weighted by Crippen LogP contribution is -2.00. The predicted molar refractivity (Wildman–Crippen MR) is 111 cm³/mol. The van der Waals surface area contributed by atoms with Crippen LogP contribution in [0.15, 0.2) is 71.6 Å². The first-order valence-corrected chi connectivity index (χ1v) is 9.93. The molecule has 1 N–H and O–H groups in total. The Morgan fingerprint density at radius 3 is 2.48 bits per heavy atom. The predicted octanol–water partition coefficient (Wildman–Crippen LogP) is 6.54. The molecule has 3 aromatic rings. The minimum atomic E-state index is -0.884. The highest BCUT2D eigenvalue weighted by Gasteiger charge is 2.10. The van der Waals surface area contributed by atoms with E-state index in [1.165, 1.54) is 0 Å². The number of rotatable bonds is 7. The number of benzene rings is 3. The minimum Gasteiger partial charge on any atom is -0.481 e. The van der Waals surface area contributed by atoms with Crippen LogP contribution in [0.3, 0.4) is 0 Å². The molecule has 27 heavy (non-hydrogen) atoms. The van der Waals surface area contributed by atoms with Gasteiger partial charge in [0.05, 0.1) is 11.4 Å². The van der Waals surface area contributed by atoms with Gasteiger partial charge in [-0.2, -0.15) is 0 Å². The van der Waals surface area contributed by atoms with E-state index in [2.05, 4.69) is 6.92 Å². The molecule has 0 aliphatic rings. The highest BCUT2D eigenvalue weighted by molar-refractivity contribution is 7.99. The Bertz CT molecular complexity index is 942. The van der Waals surface area contributed by atoms with E-state index in [0.717, 1.165) is 21.8 Å². The van der Waals surface area contributed by atoms with Gasteiger partial charge in [-0.25, -0.2) is 0 Å². The van der Waals surface area contributed by atoms with Crippen molar-refractivity contribution in [3.05, 3.63) is 77.3 Å². The molecule has 0 aliphatic carbocycles. The standard InChI is InChI=1S/C22H19ClO3S/c1-2-27-19-8-9-21(20(23)14-19)26-18-11-15(12-22(24)25)10-17(13-18)16-6-4-3-5-7-16/h3-11,13-14H,2,12H2,1H3,(H,24,25). The number of aliphatic carboxylic acids is 1. The first-order valence-electron chi connectivity index (χ1n) is 8.56. The van der Waals surface area contributed by atoms with Gasteiger partial charge in [0.2, 0.25) is 0 Å². The van der Waals surface area contributed by atoms with Gasteiger partial charge in [-0.3, -0.25) is 4.79 Å². The highest BCUT2D eigenvalue weighted by Crippen LogP contribution is 2.35. The summed E-state index contributed by atoms with van der Waals surface area (Å²) in [5, 5.41) is 9.70. The average Bonchev–Trinajstić information content (AvgIpc) is 2.64. The Labute approximate surface area is 168 Å². The molecule has 0 radical (unpaired) electrons. The maximum atomic E-state index is 11.2. The molecule has 0 fully saturated rings. The van der Waals surface area contributed by atoms with Crippen molar-refractivity contribution in [2.45, 2.75) is 18.2 Å². The molecule has 5 heteroatoms. The molecule has 0 aromatic heterocycles. The molecular weight excluding hydrogens is 380 g/mol. The van der Waals surface area contributed by atoms with E-state index in [-0.39, 0.29) is 6.42 Å². The molecule has 0 heterocycles. The van der Waals surface area contributed by atoms with Crippen molar-refractivity contribution in [3.8, 4) is 22.6 Å². The monoisotopic (exact) mass is 398 g/mol. The van der Waals surface area contributed by atoms with Crippen LogP contribution >= 0.6 is 23.4 Å². The Morgan fingerprint density at radius 1 is 1.04 bits per heavy atom. The van der Waals surface area contributed by atoms with Crippen LogP contribution in [0.2, 0.25) is 5.02 Å². The summed E-state index contributed by atoms with van der Waals surface area (Å²) < 4.78 is 5.99. The van der Waals surface area contributed by atoms with E-state index in [0.29, 0.717) is 22.1 Å². The molecule has 0 atom stereocenters. The largest absolute Gasteiger partial charge is 0.481 e. The van der Waals surface area contributed by atoms with Crippen molar-refractivity contribution in [1.29, 1.82) is 0 Å². The normalized spacial score (nSPS) is 10.6. The average molecular weight is 399 g/mol. The zero-order valence-electron chi connectivity index (χ0n) is 14.8. The maximum Gasteiger partial charge on any atom is 0.307 e. The number of hydrogen-bond donors (Lipinski definition) is 1. The van der Waals surface area contributed by atoms with Crippen LogP contribution in [0.5, 0.6) is 11.5 Å². The van der Waals surface area contributed by atoms with E-state index in [1.54, 1.807) is 17.8 Å². The molecule has 138 valence electrons. The third-order valence-electron chi connectivity index (χ3n) is 3.87. The van der Waals surface area contributed by atoms with Gasteiger partial charge >= 0.3 is 5.97 Å². The Hall–Kier alpha value is -2.43. The van der Waals surface area contributed by atoms with Gasteiger partial charge in [0.25, 0.3) is 0 Å². The van der Waals surface area contributed by atoms with Crippen molar-refractivity contribution < 1.29 is 14.6 Å². The van der Waals surface area contributed by atoms with Crippen molar-refractivity contribution in [2.75, 3.05) is 5.75 Å². The van der Waals surface area contributed by atoms with Gasteiger partial charge < -0.3 is 9.84 Å². The molecule has 0 bridgehead atoms. The molecule has 0 amide bonds. The van der Waals surface area contributed by atoms with E-state index < -0.39 is 5.97 Å². The van der Waals surface area contributed by atoms with Crippen molar-refractivity contribution >= 4 is 29.3 Å². The number of carbonyl (C=O) groups is 1. The number of carboxylic acids is 1. The van der Waals surface area contributed by atoms with Crippen molar-refractivity contribution in [2.24, 2.45) is 0 Å². The number of halogens is 1. The first kappa shape index (κ1) is 19.3. The molecule has 0 spiro atoms. The minimum absolute atomic E-state index is 0.0726. The van der Waals surface area contributed by atoms with Gasteiger partial charge in [0.15, 0.2) is 0 Å². The highest BCUT2D eigenvalue weighted by atomic mass is 35.5. The van der Waals surface area contributed by atoms with E-state index in [1.807, 2.05) is 60.7 Å². The molecule has 3 rings (SSSR count). The smallest absolute Gasteiger partial charge is 0.307 e. The molecule has 3 aromatic carbocycles. The fraction of sp³-hybridized carbons (Fsp3) is 0.136. The summed E-state index contributed by atoms with van der Waals surface area (Å²) in [6.45, 7) is 2.09. The lowest BCUT2D eigenvalue weighted by Gasteiger charge is -2.12. The maximum absolute atomic E-state index is 11.2. The first-order chi connectivity index (χ1) is 13.0. The molecule has 3 nitrogen and oxygen atoms in total. The summed E-state index contributed by atoms with van der Waals surface area (Å²) in [5.41, 5.74) is 2.57. The summed E-state index contributed by atoms with van der Waals surface area (Å²) in [4.78, 5) is 12.3. The van der Waals surface area contributed by atoms with E-state index >= 15 is 0 Å². The number of carboxylic acid groups (broad SMARTS) is 1. The molecule has 0 unspecified atom stereocenters. The van der Waals surface area contributed by atoms with Crippen LogP contribution in [0.4, 0.5) is 0 Å². The zero-order chi connectivity index (χ0) is 19.2. The fourth-order valence-electron chi connectivity index (χ4n) is 2.74. The van der Waals surface area contributed by atoms with Crippen LogP contribution in [0.25, 0.3) is 11.1 Å². The summed E-state index contributed by atoms with van der Waals surface area (Å²) in [6, 6.07) is 21.0. The van der Waals surface area contributed by atoms with Crippen LogP contribution in [0, 0.1) is 0 Å². The molecule has 0 saturated heterocycles. The Morgan fingerprint density at radius 2 is 1.81 bits per heavy atom. The van der Waals surface area contributed by atoms with Gasteiger partial charge in [0.1, 0.15) is 11.5 Å². The van der Waals surface area contributed by atoms with Gasteiger partial charge in [-0.05, 0) is 52.8 Å². The molecular formula is C22H19ClO3S. The van der Waals surface area contributed by atoms with Crippen LogP contribution in [-0.2, 0) is 11.2 Å². The summed E-state index contributed by atoms with van der Waals surface area (Å²) in [7, 11) is 0. The topological polar surface area (TPSA) is 46.5 Å². The Kier molecular flexibility index (Phi) is 6.43. The number of thioether (sulfide) groups is 1. The summed E-state index contributed by atoms with van der Waals surface area (Å²) in [5.74, 6) is 1.19. The second-order valence-corrected chi connectivity index (χ2v) is 7.67. The quantitative estimate of drug-likeness (QED) is 0.459. The van der Waals surface area contributed by atoms with Crippen LogP contribution in [0.1, 0.15) is 12.5 Å². The molecule has 0 saturated carbocycles. The second kappa shape index (κ2) is 8.98. The summed E-state index contributed by atoms with van der Waals surface area (Å²) in [6.07, 6.45) is -0.0726. The van der Waals surface area contributed by atoms with Gasteiger partial charge in [-0.1, -0.05) is 54.9 Å². The van der Waals surface area contributed by atoms with Crippen LogP contribution in [-0.4, -0.2) is 16.8 Å². The summed E-state index contributed by atoms with van der Waals surface area (Å²) >= 11 is 8.07. The SMILES string of the molecule is CCSc1ccc(Oc2cc(CC(=O)O)cc(-c3ccccc3)c2)c(Cl)c1. The van der Waals surface area contributed by atoms with E-state index in [4.69, 9.17) is 21.4 Å². The second-order valence-electron chi connectivity index (χ2n) is 5.93. The lowest BCUT2D eigenvalue weighted by atomic mass is 10.0. The van der Waals surface area contributed by atoms with E-state index in [9.17, 15) is 4.79 Å². The molecule has 0 aliphatic heterocycles. The van der Waals surface area contributed by atoms with Crippen LogP contribution < -0.4 is 4.74 Å². The number of hydrogen-bond acceptors (Lipinski definition) is 3. The third-order valence-corrected chi connectivity index (χ3v) is 5.04. The van der Waals surface area contributed by atoms with Gasteiger partial charge in [0, 0.05) is 4.90 Å². The van der Waals surface area contributed by atoms with Gasteiger partial charge in [-0.15, -0.1) is 11.8 Å². The fourth-order valence-corrected chi connectivity index (χ4v) is 3.72. The zero-order valence-corrected chi connectivity index (χ0v) is 16.4. The lowest BCUT2D eigenvalue weighted by molar-refractivity contribution is -0.136. The number of ether oxygens (including phenoxy) is 1. The van der Waals surface area contributed by atoms with Crippen molar-refractivity contribution in [3.63, 3.8) is 0 Å². The Balaban J connectivity index is 1.95. The third kappa shape index (κ3) is 5.28. The van der Waals surface area contributed by atoms with Crippen molar-refractivity contribution in [1.82, 2.24) is 0 Å².